The Kier molecular flexibility index (Phi) is 2.09. The molecule has 1 aliphatic carbocycles. The van der Waals surface area contributed by atoms with Gasteiger partial charge in [-0.15, -0.1) is 0 Å². The molecule has 0 aromatic rings. The first-order valence-corrected chi connectivity index (χ1v) is 4.23. The van der Waals surface area contributed by atoms with Crippen molar-refractivity contribution in [3.63, 3.8) is 0 Å². The minimum absolute atomic E-state index is 0.176. The summed E-state index contributed by atoms with van der Waals surface area (Å²) in [5, 5.41) is -0.176. The van der Waals surface area contributed by atoms with E-state index in [1.807, 2.05) is 0 Å². The van der Waals surface area contributed by atoms with Crippen LogP contribution in [-0.2, 0) is 0 Å². The highest BCUT2D eigenvalue weighted by molar-refractivity contribution is 9.09. The van der Waals surface area contributed by atoms with Gasteiger partial charge in [0.05, 0.1) is 5.33 Å². The summed E-state index contributed by atoms with van der Waals surface area (Å²) in [5.74, 6) is -2.78. The second-order valence-electron chi connectivity index (χ2n) is 2.52. The van der Waals surface area contributed by atoms with Gasteiger partial charge in [0.25, 0.3) is 5.92 Å². The van der Waals surface area contributed by atoms with E-state index >= 15 is 0 Å². The van der Waals surface area contributed by atoms with E-state index in [4.69, 9.17) is 0 Å². The molecule has 0 amide bonds. The van der Waals surface area contributed by atoms with Crippen LogP contribution in [0.15, 0.2) is 0 Å². The van der Waals surface area contributed by atoms with Gasteiger partial charge in [0.2, 0.25) is 0 Å². The van der Waals surface area contributed by atoms with E-state index in [2.05, 4.69) is 15.9 Å². The van der Waals surface area contributed by atoms with Crippen LogP contribution < -0.4 is 0 Å². The molecule has 0 atom stereocenters. The smallest absolute Gasteiger partial charge is 0.206 e. The summed E-state index contributed by atoms with van der Waals surface area (Å²) < 4.78 is 25.1. The van der Waals surface area contributed by atoms with Gasteiger partial charge in [-0.2, -0.15) is 0 Å². The van der Waals surface area contributed by atoms with Gasteiger partial charge < -0.3 is 0 Å². The van der Waals surface area contributed by atoms with Crippen LogP contribution in [0.2, 0.25) is 0 Å². The Bertz CT molecular complexity index is 99.2. The van der Waals surface area contributed by atoms with E-state index in [1.54, 1.807) is 0 Å². The van der Waals surface area contributed by atoms with Crippen LogP contribution in [-0.4, -0.2) is 11.3 Å². The van der Waals surface area contributed by atoms with Crippen molar-refractivity contribution in [1.29, 1.82) is 0 Å². The minimum atomic E-state index is -2.45. The van der Waals surface area contributed by atoms with Crippen LogP contribution in [0.3, 0.4) is 0 Å². The summed E-state index contributed by atoms with van der Waals surface area (Å²) in [6.07, 6.45) is 2.39. The first-order chi connectivity index (χ1) is 4.17. The fourth-order valence-electron chi connectivity index (χ4n) is 0.940. The van der Waals surface area contributed by atoms with Gasteiger partial charge >= 0.3 is 0 Å². The van der Waals surface area contributed by atoms with E-state index < -0.39 is 5.92 Å². The Hall–Kier alpha value is 0.340. The minimum Gasteiger partial charge on any atom is -0.206 e. The molecule has 0 aliphatic heterocycles. The zero-order chi connectivity index (χ0) is 6.91. The number of halogens is 3. The fourth-order valence-corrected chi connectivity index (χ4v) is 1.40. The summed E-state index contributed by atoms with van der Waals surface area (Å²) in [7, 11) is 0. The van der Waals surface area contributed by atoms with E-state index in [1.165, 1.54) is 0 Å². The molecule has 0 bridgehead atoms. The number of hydrogen-bond acceptors (Lipinski definition) is 0. The molecule has 0 saturated heterocycles. The predicted octanol–water partition coefficient (Wildman–Crippen LogP) is 2.82. The molecule has 1 aliphatic rings. The lowest BCUT2D eigenvalue weighted by atomic mass is 9.81. The number of hydrogen-bond donors (Lipinski definition) is 0. The third-order valence-corrected chi connectivity index (χ3v) is 2.63. The average Bonchev–Trinajstić information content (AvgIpc) is 1.60. The van der Waals surface area contributed by atoms with Gasteiger partial charge in [0.15, 0.2) is 0 Å². The Morgan fingerprint density at radius 3 is 2.11 bits per heavy atom. The maximum absolute atomic E-state index is 12.6. The van der Waals surface area contributed by atoms with Gasteiger partial charge in [-0.25, -0.2) is 8.78 Å². The fraction of sp³-hybridized carbons (Fsp3) is 1.00. The zero-order valence-electron chi connectivity index (χ0n) is 5.04. The van der Waals surface area contributed by atoms with Crippen molar-refractivity contribution in [2.75, 3.05) is 5.33 Å². The van der Waals surface area contributed by atoms with E-state index in [0.717, 1.165) is 6.42 Å². The molecule has 3 heteroatoms. The molecular weight excluding hydrogens is 190 g/mol. The number of alkyl halides is 3. The lowest BCUT2D eigenvalue weighted by Gasteiger charge is -2.31. The molecule has 1 saturated carbocycles. The van der Waals surface area contributed by atoms with Crippen molar-refractivity contribution in [1.82, 2.24) is 0 Å². The summed E-state index contributed by atoms with van der Waals surface area (Å²) in [6.45, 7) is 0. The molecule has 1 fully saturated rings. The van der Waals surface area contributed by atoms with Crippen molar-refractivity contribution >= 4 is 15.9 Å². The molecule has 54 valence electrons. The summed E-state index contributed by atoms with van der Waals surface area (Å²) in [4.78, 5) is 0. The Labute approximate surface area is 61.8 Å². The predicted molar refractivity (Wildman–Crippen MR) is 36.1 cm³/mol. The molecule has 0 aromatic heterocycles. The van der Waals surface area contributed by atoms with Crippen molar-refractivity contribution in [3.8, 4) is 0 Å². The van der Waals surface area contributed by atoms with Crippen molar-refractivity contribution in [2.24, 2.45) is 5.92 Å². The van der Waals surface area contributed by atoms with Crippen molar-refractivity contribution in [2.45, 2.75) is 25.2 Å². The van der Waals surface area contributed by atoms with Crippen molar-refractivity contribution in [3.05, 3.63) is 0 Å². The zero-order valence-corrected chi connectivity index (χ0v) is 6.63. The molecule has 0 heterocycles. The highest BCUT2D eigenvalue weighted by atomic mass is 79.9. The van der Waals surface area contributed by atoms with Crippen molar-refractivity contribution < 1.29 is 8.78 Å². The third-order valence-electron chi connectivity index (χ3n) is 1.88. The Morgan fingerprint density at radius 2 is 2.00 bits per heavy atom. The first-order valence-electron chi connectivity index (χ1n) is 3.10. The summed E-state index contributed by atoms with van der Waals surface area (Å²) in [6, 6.07) is 0. The second-order valence-corrected chi connectivity index (χ2v) is 3.08. The molecule has 0 spiro atoms. The summed E-state index contributed by atoms with van der Waals surface area (Å²) >= 11 is 2.80. The van der Waals surface area contributed by atoms with Crippen LogP contribution in [0.4, 0.5) is 8.78 Å². The van der Waals surface area contributed by atoms with Gasteiger partial charge in [-0.1, -0.05) is 22.4 Å². The van der Waals surface area contributed by atoms with Gasteiger partial charge in [-0.05, 0) is 12.8 Å². The Morgan fingerprint density at radius 1 is 1.44 bits per heavy atom. The SMILES string of the molecule is FC(F)(CBr)C1CCC1. The standard InChI is InChI=1S/C6H9BrF2/c7-4-6(8,9)5-2-1-3-5/h5H,1-4H2. The van der Waals surface area contributed by atoms with E-state index in [0.29, 0.717) is 12.8 Å². The second kappa shape index (κ2) is 2.52. The van der Waals surface area contributed by atoms with E-state index in [-0.39, 0.29) is 11.2 Å². The maximum Gasteiger partial charge on any atom is 0.260 e. The lowest BCUT2D eigenvalue weighted by Crippen LogP contribution is -2.34. The highest BCUT2D eigenvalue weighted by Gasteiger charge is 2.41. The third kappa shape index (κ3) is 1.42. The Balaban J connectivity index is 2.37. The lowest BCUT2D eigenvalue weighted by molar-refractivity contribution is -0.0643. The monoisotopic (exact) mass is 198 g/mol. The van der Waals surface area contributed by atoms with Crippen LogP contribution in [0, 0.1) is 5.92 Å². The molecule has 0 radical (unpaired) electrons. The molecule has 0 aromatic carbocycles. The largest absolute Gasteiger partial charge is 0.260 e. The van der Waals surface area contributed by atoms with Crippen LogP contribution in [0.1, 0.15) is 19.3 Å². The normalized spacial score (nSPS) is 21.7. The average molecular weight is 199 g/mol. The van der Waals surface area contributed by atoms with Gasteiger partial charge in [-0.3, -0.25) is 0 Å². The number of rotatable bonds is 2. The molecule has 0 unspecified atom stereocenters. The molecular formula is C6H9BrF2. The molecule has 0 nitrogen and oxygen atoms in total. The molecule has 9 heavy (non-hydrogen) atoms. The highest BCUT2D eigenvalue weighted by Crippen LogP contribution is 2.40. The van der Waals surface area contributed by atoms with E-state index in [9.17, 15) is 8.78 Å². The van der Waals surface area contributed by atoms with Crippen LogP contribution >= 0.6 is 15.9 Å². The van der Waals surface area contributed by atoms with Gasteiger partial charge in [0.1, 0.15) is 0 Å². The summed E-state index contributed by atoms with van der Waals surface area (Å²) in [5.41, 5.74) is 0. The van der Waals surface area contributed by atoms with Crippen LogP contribution in [0.5, 0.6) is 0 Å². The molecule has 1 rings (SSSR count). The topological polar surface area (TPSA) is 0 Å². The first kappa shape index (κ1) is 7.45. The quantitative estimate of drug-likeness (QED) is 0.600. The van der Waals surface area contributed by atoms with Crippen LogP contribution in [0.25, 0.3) is 0 Å². The maximum atomic E-state index is 12.6. The molecule has 0 N–H and O–H groups in total. The van der Waals surface area contributed by atoms with Gasteiger partial charge in [0, 0.05) is 5.92 Å².